The van der Waals surface area contributed by atoms with E-state index in [0.717, 1.165) is 24.8 Å². The maximum atomic E-state index is 12.3. The van der Waals surface area contributed by atoms with Gasteiger partial charge in [-0.3, -0.25) is 14.4 Å². The highest BCUT2D eigenvalue weighted by molar-refractivity contribution is 6.43. The molecule has 1 aromatic carbocycles. The summed E-state index contributed by atoms with van der Waals surface area (Å²) in [5, 5.41) is 2.71. The van der Waals surface area contributed by atoms with E-state index in [1.54, 1.807) is 0 Å². The average Bonchev–Trinajstić information content (AvgIpc) is 2.67. The Morgan fingerprint density at radius 3 is 2.25 bits per heavy atom. The van der Waals surface area contributed by atoms with Crippen LogP contribution in [0.15, 0.2) is 35.3 Å². The van der Waals surface area contributed by atoms with Crippen molar-refractivity contribution in [3.63, 3.8) is 0 Å². The first-order chi connectivity index (χ1) is 13.5. The highest BCUT2D eigenvalue weighted by Gasteiger charge is 2.16. The highest BCUT2D eigenvalue weighted by Crippen LogP contribution is 2.09. The van der Waals surface area contributed by atoms with E-state index in [1.807, 2.05) is 30.3 Å². The molecule has 1 rings (SSSR count). The van der Waals surface area contributed by atoms with Gasteiger partial charge in [0.1, 0.15) is 5.71 Å². The molecule has 3 amide bonds. The van der Waals surface area contributed by atoms with E-state index in [9.17, 15) is 14.4 Å². The van der Waals surface area contributed by atoms with Gasteiger partial charge in [0.2, 0.25) is 11.8 Å². The van der Waals surface area contributed by atoms with Crippen LogP contribution in [0.4, 0.5) is 0 Å². The summed E-state index contributed by atoms with van der Waals surface area (Å²) in [6.07, 6.45) is 8.30. The maximum Gasteiger partial charge on any atom is 0.266 e. The molecule has 0 fully saturated rings. The van der Waals surface area contributed by atoms with Crippen molar-refractivity contribution in [1.82, 2.24) is 5.32 Å². The van der Waals surface area contributed by atoms with E-state index >= 15 is 0 Å². The summed E-state index contributed by atoms with van der Waals surface area (Å²) in [5.74, 6) is -1.56. The lowest BCUT2D eigenvalue weighted by Gasteiger charge is -2.07. The van der Waals surface area contributed by atoms with Gasteiger partial charge in [-0.05, 0) is 18.4 Å². The summed E-state index contributed by atoms with van der Waals surface area (Å²) >= 11 is 0. The van der Waals surface area contributed by atoms with Crippen molar-refractivity contribution in [3.8, 4) is 0 Å². The Morgan fingerprint density at radius 1 is 0.964 bits per heavy atom. The van der Waals surface area contributed by atoms with E-state index in [-0.39, 0.29) is 24.5 Å². The normalized spacial score (nSPS) is 11.2. The fraction of sp³-hybridized carbons (Fsp3) is 0.545. The van der Waals surface area contributed by atoms with Gasteiger partial charge in [0, 0.05) is 13.0 Å². The number of benzene rings is 1. The smallest absolute Gasteiger partial charge is 0.266 e. The predicted molar refractivity (Wildman–Crippen MR) is 112 cm³/mol. The zero-order chi connectivity index (χ0) is 20.6. The summed E-state index contributed by atoms with van der Waals surface area (Å²) in [5.41, 5.74) is 6.18. The Balaban J connectivity index is 2.42. The van der Waals surface area contributed by atoms with Crippen LogP contribution in [-0.4, -0.2) is 30.0 Å². The van der Waals surface area contributed by atoms with Crippen molar-refractivity contribution >= 4 is 23.4 Å². The number of hydrogen-bond donors (Lipinski definition) is 2. The fourth-order valence-electron chi connectivity index (χ4n) is 2.84. The van der Waals surface area contributed by atoms with Crippen LogP contribution < -0.4 is 11.1 Å². The van der Waals surface area contributed by atoms with Crippen LogP contribution in [0.1, 0.15) is 70.3 Å². The van der Waals surface area contributed by atoms with Crippen molar-refractivity contribution < 1.29 is 14.4 Å². The van der Waals surface area contributed by atoms with E-state index in [4.69, 9.17) is 5.73 Å². The number of rotatable bonds is 14. The number of nitrogens with zero attached hydrogens (tertiary/aromatic N) is 1. The number of amides is 3. The van der Waals surface area contributed by atoms with Gasteiger partial charge in [-0.2, -0.15) is 0 Å². The number of nitrogens with two attached hydrogens (primary N) is 1. The van der Waals surface area contributed by atoms with Crippen molar-refractivity contribution in [2.75, 3.05) is 6.54 Å². The van der Waals surface area contributed by atoms with Crippen molar-refractivity contribution in [1.29, 1.82) is 0 Å². The lowest BCUT2D eigenvalue weighted by Crippen LogP contribution is -2.35. The molecule has 0 bridgehead atoms. The molecular weight excluding hydrogens is 354 g/mol. The summed E-state index contributed by atoms with van der Waals surface area (Å²) in [6.45, 7) is 2.57. The first kappa shape index (κ1) is 23.5. The second kappa shape index (κ2) is 14.5. The van der Waals surface area contributed by atoms with Crippen LogP contribution in [0.3, 0.4) is 0 Å². The van der Waals surface area contributed by atoms with Crippen LogP contribution in [0.5, 0.6) is 0 Å². The molecule has 0 spiro atoms. The van der Waals surface area contributed by atoms with E-state index in [0.29, 0.717) is 13.0 Å². The van der Waals surface area contributed by atoms with E-state index in [1.165, 1.54) is 25.7 Å². The molecule has 28 heavy (non-hydrogen) atoms. The van der Waals surface area contributed by atoms with Crippen molar-refractivity contribution in [2.24, 2.45) is 10.7 Å². The minimum Gasteiger partial charge on any atom is -0.369 e. The number of nitrogens with one attached hydrogen (secondary N) is 1. The van der Waals surface area contributed by atoms with Gasteiger partial charge >= 0.3 is 0 Å². The third kappa shape index (κ3) is 11.3. The number of carbonyl (C=O) groups is 3. The maximum absolute atomic E-state index is 12.3. The predicted octanol–water partition coefficient (Wildman–Crippen LogP) is 3.33. The molecule has 0 saturated carbocycles. The largest absolute Gasteiger partial charge is 0.369 e. The molecule has 0 heterocycles. The minimum atomic E-state index is -0.680. The molecule has 0 atom stereocenters. The number of aliphatic imine (C=N–C) groups is 1. The summed E-state index contributed by atoms with van der Waals surface area (Å²) in [4.78, 5) is 39.4. The summed E-state index contributed by atoms with van der Waals surface area (Å²) < 4.78 is 0. The Morgan fingerprint density at radius 2 is 1.61 bits per heavy atom. The molecule has 0 unspecified atom stereocenters. The highest BCUT2D eigenvalue weighted by atomic mass is 16.2. The van der Waals surface area contributed by atoms with Crippen molar-refractivity contribution in [3.05, 3.63) is 35.9 Å². The van der Waals surface area contributed by atoms with Gasteiger partial charge < -0.3 is 11.1 Å². The molecule has 0 radical (unpaired) electrons. The third-order valence-corrected chi connectivity index (χ3v) is 4.40. The van der Waals surface area contributed by atoms with Gasteiger partial charge in [-0.1, -0.05) is 75.8 Å². The first-order valence-corrected chi connectivity index (χ1v) is 10.2. The Labute approximate surface area is 168 Å². The van der Waals surface area contributed by atoms with Gasteiger partial charge in [0.25, 0.3) is 5.91 Å². The summed E-state index contributed by atoms with van der Waals surface area (Å²) in [7, 11) is 0. The van der Waals surface area contributed by atoms with Gasteiger partial charge in [-0.25, -0.2) is 4.99 Å². The molecule has 6 nitrogen and oxygen atoms in total. The Kier molecular flexibility index (Phi) is 12.2. The van der Waals surface area contributed by atoms with Crippen LogP contribution >= 0.6 is 0 Å². The van der Waals surface area contributed by atoms with E-state index < -0.39 is 11.8 Å². The molecule has 0 aliphatic rings. The second-order valence-electron chi connectivity index (χ2n) is 6.96. The Bertz CT molecular complexity index is 642. The quantitative estimate of drug-likeness (QED) is 0.378. The number of carbonyl (C=O) groups excluding carboxylic acids is 3. The molecular formula is C22H33N3O3. The fourth-order valence-corrected chi connectivity index (χ4v) is 2.84. The molecule has 1 aromatic rings. The zero-order valence-corrected chi connectivity index (χ0v) is 16.9. The van der Waals surface area contributed by atoms with E-state index in [2.05, 4.69) is 17.2 Å². The summed E-state index contributed by atoms with van der Waals surface area (Å²) in [6, 6.07) is 9.72. The zero-order valence-electron chi connectivity index (χ0n) is 16.9. The van der Waals surface area contributed by atoms with Crippen molar-refractivity contribution in [2.45, 2.75) is 71.1 Å². The van der Waals surface area contributed by atoms with Gasteiger partial charge in [0.05, 0.1) is 6.42 Å². The molecule has 0 aliphatic carbocycles. The van der Waals surface area contributed by atoms with Gasteiger partial charge in [-0.15, -0.1) is 0 Å². The molecule has 0 aliphatic heterocycles. The lowest BCUT2D eigenvalue weighted by atomic mass is 10.1. The number of primary amides is 1. The number of unbranched alkanes of at least 4 members (excludes halogenated alkanes) is 6. The first-order valence-electron chi connectivity index (χ1n) is 10.2. The Hall–Kier alpha value is -2.50. The second-order valence-corrected chi connectivity index (χ2v) is 6.96. The monoisotopic (exact) mass is 387 g/mol. The minimum absolute atomic E-state index is 0.103. The van der Waals surface area contributed by atoms with Crippen LogP contribution in [0.25, 0.3) is 0 Å². The van der Waals surface area contributed by atoms with Gasteiger partial charge in [0.15, 0.2) is 0 Å². The van der Waals surface area contributed by atoms with Crippen LogP contribution in [0, 0.1) is 0 Å². The SMILES string of the molecule is CCCCCCCCCC(=O)N=C(CC(N)=O)C(=O)NCCc1ccccc1. The standard InChI is InChI=1S/C22H33N3O3/c1-2-3-4-5-6-7-11-14-21(27)25-19(17-20(23)26)22(28)24-16-15-18-12-9-8-10-13-18/h8-10,12-13H,2-7,11,14-17H2,1H3,(H2,23,26)(H,24,28). The average molecular weight is 388 g/mol. The molecule has 0 saturated heterocycles. The molecule has 154 valence electrons. The topological polar surface area (TPSA) is 102 Å². The molecule has 3 N–H and O–H groups in total. The van der Waals surface area contributed by atoms with Crippen LogP contribution in [-0.2, 0) is 20.8 Å². The lowest BCUT2D eigenvalue weighted by molar-refractivity contribution is -0.120. The third-order valence-electron chi connectivity index (χ3n) is 4.40. The molecule has 0 aromatic heterocycles. The van der Waals surface area contributed by atoms with Crippen LogP contribution in [0.2, 0.25) is 0 Å². The molecule has 6 heteroatoms. The number of hydrogen-bond acceptors (Lipinski definition) is 3.